The minimum atomic E-state index is -2.55. The molecule has 236 valence electrons. The van der Waals surface area contributed by atoms with Crippen molar-refractivity contribution in [2.24, 2.45) is 5.92 Å². The van der Waals surface area contributed by atoms with Gasteiger partial charge in [0, 0.05) is 0 Å². The van der Waals surface area contributed by atoms with E-state index in [1.807, 2.05) is 0 Å². The lowest BCUT2D eigenvalue weighted by Gasteiger charge is -2.25. The number of benzene rings is 3. The van der Waals surface area contributed by atoms with Gasteiger partial charge in [0.1, 0.15) is 17.5 Å². The molecule has 3 aromatic carbocycles. The van der Waals surface area contributed by atoms with Gasteiger partial charge < -0.3 is 0 Å². The average Bonchev–Trinajstić information content (AvgIpc) is 2.96. The van der Waals surface area contributed by atoms with Crippen molar-refractivity contribution in [2.45, 2.75) is 124 Å². The van der Waals surface area contributed by atoms with Crippen LogP contribution in [0.4, 0.5) is 17.6 Å². The van der Waals surface area contributed by atoms with E-state index >= 15 is 13.2 Å². The second-order valence-electron chi connectivity index (χ2n) is 12.4. The van der Waals surface area contributed by atoms with Gasteiger partial charge in [0.05, 0.1) is 5.56 Å². The molecule has 5 heteroatoms. The Morgan fingerprint density at radius 1 is 0.721 bits per heavy atom. The van der Waals surface area contributed by atoms with E-state index in [0.717, 1.165) is 87.0 Å². The third kappa shape index (κ3) is 8.72. The Bertz CT molecular complexity index is 1290. The maximum atomic E-state index is 16.2. The molecule has 0 saturated carbocycles. The SMILES string of the molecule is CCCCc1cc(CCCC(CC)CCC)cc(CCCC)c1-c1cc(F)c(C(C)(F)c2cc(F)c(C)c(P)c2)c(F)c1. The Morgan fingerprint density at radius 3 is 1.79 bits per heavy atom. The molecule has 3 atom stereocenters. The van der Waals surface area contributed by atoms with Gasteiger partial charge >= 0.3 is 0 Å². The van der Waals surface area contributed by atoms with E-state index in [9.17, 15) is 4.39 Å². The molecule has 3 unspecified atom stereocenters. The van der Waals surface area contributed by atoms with Crippen LogP contribution in [0.3, 0.4) is 0 Å². The first-order valence-corrected chi connectivity index (χ1v) is 16.9. The van der Waals surface area contributed by atoms with Crippen LogP contribution >= 0.6 is 9.24 Å². The van der Waals surface area contributed by atoms with E-state index in [4.69, 9.17) is 0 Å². The first-order chi connectivity index (χ1) is 20.5. The Kier molecular flexibility index (Phi) is 13.3. The molecule has 3 aromatic rings. The van der Waals surface area contributed by atoms with Crippen LogP contribution in [0.1, 0.15) is 126 Å². The molecule has 0 fully saturated rings. The quantitative estimate of drug-likeness (QED) is 0.111. The number of hydrogen-bond acceptors (Lipinski definition) is 0. The lowest BCUT2D eigenvalue weighted by Crippen LogP contribution is -2.23. The lowest BCUT2D eigenvalue weighted by atomic mass is 9.84. The molecule has 0 N–H and O–H groups in total. The summed E-state index contributed by atoms with van der Waals surface area (Å²) in [7, 11) is 2.37. The summed E-state index contributed by atoms with van der Waals surface area (Å²) in [5.41, 5.74) is 1.81. The summed E-state index contributed by atoms with van der Waals surface area (Å²) in [5.74, 6) is -1.77. The van der Waals surface area contributed by atoms with Gasteiger partial charge in [0.25, 0.3) is 0 Å². The summed E-state index contributed by atoms with van der Waals surface area (Å²) in [5, 5.41) is 0.452. The molecule has 0 bridgehead atoms. The topological polar surface area (TPSA) is 0 Å². The van der Waals surface area contributed by atoms with Crippen molar-refractivity contribution in [1.29, 1.82) is 0 Å². The highest BCUT2D eigenvalue weighted by Gasteiger charge is 2.36. The summed E-state index contributed by atoms with van der Waals surface area (Å²) in [6, 6.07) is 9.49. The Hall–Kier alpha value is -2.19. The van der Waals surface area contributed by atoms with E-state index in [1.165, 1.54) is 49.4 Å². The van der Waals surface area contributed by atoms with E-state index in [-0.39, 0.29) is 5.56 Å². The second kappa shape index (κ2) is 16.2. The maximum Gasteiger partial charge on any atom is 0.164 e. The monoisotopic (exact) mass is 614 g/mol. The molecule has 0 heterocycles. The van der Waals surface area contributed by atoms with Crippen molar-refractivity contribution < 1.29 is 17.6 Å². The molecular weight excluding hydrogens is 563 g/mol. The van der Waals surface area contributed by atoms with Crippen LogP contribution in [-0.2, 0) is 24.9 Å². The predicted molar refractivity (Wildman–Crippen MR) is 179 cm³/mol. The molecular formula is C38H51F4P. The lowest BCUT2D eigenvalue weighted by molar-refractivity contribution is 0.233. The van der Waals surface area contributed by atoms with Gasteiger partial charge in [-0.2, -0.15) is 0 Å². The molecule has 0 aliphatic carbocycles. The van der Waals surface area contributed by atoms with Crippen LogP contribution in [-0.4, -0.2) is 0 Å². The Balaban J connectivity index is 2.09. The molecule has 0 aliphatic heterocycles. The van der Waals surface area contributed by atoms with Gasteiger partial charge in [0.2, 0.25) is 0 Å². The number of aryl methyl sites for hydroxylation is 3. The normalized spacial score (nSPS) is 13.7. The van der Waals surface area contributed by atoms with Crippen LogP contribution < -0.4 is 5.30 Å². The van der Waals surface area contributed by atoms with Crippen molar-refractivity contribution in [2.75, 3.05) is 0 Å². The molecule has 3 rings (SSSR count). The van der Waals surface area contributed by atoms with E-state index in [1.54, 1.807) is 6.92 Å². The highest BCUT2D eigenvalue weighted by Crippen LogP contribution is 2.41. The highest BCUT2D eigenvalue weighted by molar-refractivity contribution is 7.27. The standard InChI is InChI=1S/C38H51F4P/c1-7-11-17-28-19-27(16-13-15-26(10-4)14-9-3)20-29(18-12-8-2)36(28)30-21-33(40)37(34(41)22-30)38(6,42)31-23-32(39)25(5)35(43)24-31/h19-24,26H,7-18,43H2,1-6H3. The average molecular weight is 615 g/mol. The van der Waals surface area contributed by atoms with E-state index in [2.05, 4.69) is 49.1 Å². The fourth-order valence-electron chi connectivity index (χ4n) is 6.32. The molecule has 0 aliphatic rings. The second-order valence-corrected chi connectivity index (χ2v) is 13.1. The van der Waals surface area contributed by atoms with Crippen molar-refractivity contribution in [3.8, 4) is 11.1 Å². The van der Waals surface area contributed by atoms with Crippen LogP contribution in [0, 0.1) is 30.3 Å². The first-order valence-electron chi connectivity index (χ1n) is 16.4. The van der Waals surface area contributed by atoms with Crippen molar-refractivity contribution in [3.63, 3.8) is 0 Å². The molecule has 0 radical (unpaired) electrons. The predicted octanol–water partition coefficient (Wildman–Crippen LogP) is 11.6. The minimum Gasteiger partial charge on any atom is -0.233 e. The number of unbranched alkanes of at least 4 members (excludes halogenated alkanes) is 2. The van der Waals surface area contributed by atoms with Gasteiger partial charge in [-0.25, -0.2) is 17.6 Å². The van der Waals surface area contributed by atoms with Crippen LogP contribution in [0.5, 0.6) is 0 Å². The zero-order valence-corrected chi connectivity index (χ0v) is 28.3. The van der Waals surface area contributed by atoms with Gasteiger partial charge in [-0.05, 0) is 127 Å². The highest BCUT2D eigenvalue weighted by atomic mass is 31.0. The fourth-order valence-corrected chi connectivity index (χ4v) is 6.64. The minimum absolute atomic E-state index is 0.118. The fraction of sp³-hybridized carbons (Fsp3) is 0.526. The summed E-state index contributed by atoms with van der Waals surface area (Å²) in [4.78, 5) is 0. The zero-order chi connectivity index (χ0) is 31.7. The van der Waals surface area contributed by atoms with Gasteiger partial charge in [-0.15, -0.1) is 9.24 Å². The number of rotatable bonds is 16. The van der Waals surface area contributed by atoms with Crippen LogP contribution in [0.15, 0.2) is 36.4 Å². The Labute approximate surface area is 260 Å². The molecule has 0 spiro atoms. The smallest absolute Gasteiger partial charge is 0.164 e. The number of halogens is 4. The molecule has 0 saturated heterocycles. The third-order valence-electron chi connectivity index (χ3n) is 9.04. The molecule has 0 amide bonds. The summed E-state index contributed by atoms with van der Waals surface area (Å²) in [6.45, 7) is 11.5. The van der Waals surface area contributed by atoms with Gasteiger partial charge in [-0.3, -0.25) is 0 Å². The summed E-state index contributed by atoms with van der Waals surface area (Å²) < 4.78 is 62.5. The third-order valence-corrected chi connectivity index (χ3v) is 9.64. The van der Waals surface area contributed by atoms with Gasteiger partial charge in [-0.1, -0.05) is 78.4 Å². The van der Waals surface area contributed by atoms with Crippen LogP contribution in [0.2, 0.25) is 0 Å². The summed E-state index contributed by atoms with van der Waals surface area (Å²) >= 11 is 0. The van der Waals surface area contributed by atoms with Gasteiger partial charge in [0.15, 0.2) is 5.67 Å². The molecule has 0 nitrogen and oxygen atoms in total. The Morgan fingerprint density at radius 2 is 1.30 bits per heavy atom. The van der Waals surface area contributed by atoms with Crippen molar-refractivity contribution in [1.82, 2.24) is 0 Å². The maximum absolute atomic E-state index is 16.2. The van der Waals surface area contributed by atoms with Crippen molar-refractivity contribution >= 4 is 14.5 Å². The number of alkyl halides is 1. The zero-order valence-electron chi connectivity index (χ0n) is 27.1. The number of hydrogen-bond donors (Lipinski definition) is 0. The largest absolute Gasteiger partial charge is 0.233 e. The van der Waals surface area contributed by atoms with Crippen molar-refractivity contribution in [3.05, 3.63) is 87.2 Å². The van der Waals surface area contributed by atoms with Crippen LogP contribution in [0.25, 0.3) is 11.1 Å². The van der Waals surface area contributed by atoms with E-state index in [0.29, 0.717) is 16.4 Å². The molecule has 43 heavy (non-hydrogen) atoms. The molecule has 0 aromatic heterocycles. The summed E-state index contributed by atoms with van der Waals surface area (Å²) in [6.07, 6.45) is 12.6. The van der Waals surface area contributed by atoms with E-state index < -0.39 is 28.7 Å². The first kappa shape index (κ1) is 35.3.